The monoisotopic (exact) mass is 371 g/mol. The zero-order valence-electron chi connectivity index (χ0n) is 14.9. The number of halogens is 3. The van der Waals surface area contributed by atoms with Gasteiger partial charge in [0.25, 0.3) is 0 Å². The molecule has 0 saturated carbocycles. The second-order valence-corrected chi connectivity index (χ2v) is 6.96. The molecule has 2 heterocycles. The van der Waals surface area contributed by atoms with E-state index in [1.165, 1.54) is 0 Å². The highest BCUT2D eigenvalue weighted by atomic mass is 19.4. The highest BCUT2D eigenvalue weighted by molar-refractivity contribution is 6.08. The van der Waals surface area contributed by atoms with E-state index in [2.05, 4.69) is 4.98 Å². The molecule has 0 amide bonds. The van der Waals surface area contributed by atoms with Gasteiger partial charge in [-0.15, -0.1) is 0 Å². The average Bonchev–Trinajstić information content (AvgIpc) is 2.61. The fourth-order valence-corrected chi connectivity index (χ4v) is 3.54. The molecule has 1 aromatic rings. The van der Waals surface area contributed by atoms with Crippen molar-refractivity contribution in [1.82, 2.24) is 4.98 Å². The van der Waals surface area contributed by atoms with Crippen LogP contribution in [0.3, 0.4) is 0 Å². The molecule has 0 aliphatic carbocycles. The summed E-state index contributed by atoms with van der Waals surface area (Å²) in [5, 5.41) is 9.62. The van der Waals surface area contributed by atoms with Crippen LogP contribution in [0.25, 0.3) is 0 Å². The fourth-order valence-electron chi connectivity index (χ4n) is 3.54. The molecule has 0 bridgehead atoms. The van der Waals surface area contributed by atoms with E-state index in [0.717, 1.165) is 37.5 Å². The van der Waals surface area contributed by atoms with Gasteiger partial charge in [0.1, 0.15) is 19.2 Å². The van der Waals surface area contributed by atoms with E-state index < -0.39 is 23.2 Å². The van der Waals surface area contributed by atoms with Gasteiger partial charge in [-0.3, -0.25) is 4.79 Å². The molecular weight excluding hydrogens is 346 g/mol. The van der Waals surface area contributed by atoms with E-state index in [4.69, 9.17) is 5.73 Å². The molecule has 1 aliphatic heterocycles. The highest BCUT2D eigenvalue weighted by Crippen LogP contribution is 2.34. The second kappa shape index (κ2) is 8.29. The highest BCUT2D eigenvalue weighted by Gasteiger charge is 2.43. The van der Waals surface area contributed by atoms with Gasteiger partial charge in [0.2, 0.25) is 0 Å². The van der Waals surface area contributed by atoms with E-state index in [0.29, 0.717) is 32.4 Å². The number of nitrogens with zero attached hydrogens (tertiary/aromatic N) is 2. The van der Waals surface area contributed by atoms with Crippen LogP contribution in [0.2, 0.25) is 6.32 Å². The largest absolute Gasteiger partial charge is 0.480 e. The zero-order chi connectivity index (χ0) is 19.4. The molecule has 0 spiro atoms. The molecule has 1 saturated heterocycles. The van der Waals surface area contributed by atoms with Crippen LogP contribution in [-0.2, 0) is 11.0 Å². The Labute approximate surface area is 152 Å². The van der Waals surface area contributed by atoms with Crippen molar-refractivity contribution in [3.63, 3.8) is 0 Å². The van der Waals surface area contributed by atoms with Crippen LogP contribution in [0.4, 0.5) is 19.0 Å². The van der Waals surface area contributed by atoms with Gasteiger partial charge in [-0.2, -0.15) is 13.2 Å². The van der Waals surface area contributed by atoms with Gasteiger partial charge in [-0.05, 0) is 37.3 Å². The SMILES string of the molecule is BCCCCC(N)(C(=O)O)C1CCN(c2cc(C(F)(F)F)ccn2)CC1. The van der Waals surface area contributed by atoms with Gasteiger partial charge in [-0.1, -0.05) is 19.2 Å². The average molecular weight is 371 g/mol. The number of unbranched alkanes of at least 4 members (excludes halogenated alkanes) is 1. The summed E-state index contributed by atoms with van der Waals surface area (Å²) < 4.78 is 38.6. The Morgan fingerprint density at radius 1 is 1.35 bits per heavy atom. The fraction of sp³-hybridized carbons (Fsp3) is 0.647. The number of hydrogen-bond donors (Lipinski definition) is 2. The summed E-state index contributed by atoms with van der Waals surface area (Å²) in [5.41, 5.74) is 4.23. The third-order valence-corrected chi connectivity index (χ3v) is 5.21. The molecule has 26 heavy (non-hydrogen) atoms. The third-order valence-electron chi connectivity index (χ3n) is 5.21. The number of hydrogen-bond acceptors (Lipinski definition) is 4. The van der Waals surface area contributed by atoms with Crippen molar-refractivity contribution in [3.05, 3.63) is 23.9 Å². The van der Waals surface area contributed by atoms with Crippen LogP contribution in [0.15, 0.2) is 18.3 Å². The third kappa shape index (κ3) is 4.69. The number of carbonyl (C=O) groups is 1. The predicted octanol–water partition coefficient (Wildman–Crippen LogP) is 2.32. The molecule has 1 aliphatic rings. The topological polar surface area (TPSA) is 79.5 Å². The predicted molar refractivity (Wildman–Crippen MR) is 95.9 cm³/mol. The molecule has 0 aromatic carbocycles. The van der Waals surface area contributed by atoms with Crippen LogP contribution in [0.5, 0.6) is 0 Å². The Bertz CT molecular complexity index is 622. The summed E-state index contributed by atoms with van der Waals surface area (Å²) in [6, 6.07) is 1.98. The number of carboxylic acid groups (broad SMARTS) is 1. The van der Waals surface area contributed by atoms with E-state index in [9.17, 15) is 23.1 Å². The standard InChI is InChI=1S/C17H25BF3N3O2/c18-7-2-1-6-16(22,15(25)26)12-4-9-24(10-5-12)14-11-13(3-8-23-14)17(19,20)21/h3,8,11-12H,1-2,4-7,9-10,18,22H2,(H,25,26). The minimum Gasteiger partial charge on any atom is -0.480 e. The van der Waals surface area contributed by atoms with Crippen molar-refractivity contribution >= 4 is 19.6 Å². The van der Waals surface area contributed by atoms with Gasteiger partial charge < -0.3 is 15.7 Å². The van der Waals surface area contributed by atoms with E-state index >= 15 is 0 Å². The first-order valence-electron chi connectivity index (χ1n) is 8.99. The molecular formula is C17H25BF3N3O2. The molecule has 1 atom stereocenters. The van der Waals surface area contributed by atoms with Crippen molar-refractivity contribution in [3.8, 4) is 0 Å². The van der Waals surface area contributed by atoms with Crippen LogP contribution in [0, 0.1) is 5.92 Å². The molecule has 5 nitrogen and oxygen atoms in total. The minimum absolute atomic E-state index is 0.195. The van der Waals surface area contributed by atoms with Crippen molar-refractivity contribution in [2.24, 2.45) is 11.7 Å². The molecule has 1 fully saturated rings. The first-order valence-corrected chi connectivity index (χ1v) is 8.99. The van der Waals surface area contributed by atoms with Gasteiger partial charge in [0, 0.05) is 19.3 Å². The lowest BCUT2D eigenvalue weighted by molar-refractivity contribution is -0.146. The number of nitrogens with two attached hydrogens (primary N) is 1. The molecule has 9 heteroatoms. The van der Waals surface area contributed by atoms with Crippen LogP contribution < -0.4 is 10.6 Å². The molecule has 144 valence electrons. The summed E-state index contributed by atoms with van der Waals surface area (Å²) in [5.74, 6) is -0.926. The lowest BCUT2D eigenvalue weighted by Crippen LogP contribution is -2.57. The Kier molecular flexibility index (Phi) is 6.55. The smallest absolute Gasteiger partial charge is 0.416 e. The van der Waals surface area contributed by atoms with Gasteiger partial charge in [0.05, 0.1) is 5.56 Å². The van der Waals surface area contributed by atoms with E-state index in [1.807, 2.05) is 7.85 Å². The number of anilines is 1. The Balaban J connectivity index is 2.05. The number of alkyl halides is 3. The summed E-state index contributed by atoms with van der Waals surface area (Å²) in [4.78, 5) is 17.5. The number of aromatic nitrogens is 1. The number of carboxylic acids is 1. The quantitative estimate of drug-likeness (QED) is 0.568. The van der Waals surface area contributed by atoms with Crippen LogP contribution >= 0.6 is 0 Å². The first-order chi connectivity index (χ1) is 12.2. The molecule has 0 radical (unpaired) electrons. The maximum atomic E-state index is 12.9. The number of aliphatic carboxylic acids is 1. The Morgan fingerprint density at radius 3 is 2.54 bits per heavy atom. The molecule has 3 N–H and O–H groups in total. The molecule has 1 unspecified atom stereocenters. The second-order valence-electron chi connectivity index (χ2n) is 6.96. The van der Waals surface area contributed by atoms with Gasteiger partial charge in [-0.25, -0.2) is 4.98 Å². The number of piperidine rings is 1. The van der Waals surface area contributed by atoms with Crippen LogP contribution in [0.1, 0.15) is 37.7 Å². The number of pyridine rings is 1. The van der Waals surface area contributed by atoms with Crippen molar-refractivity contribution < 1.29 is 23.1 Å². The molecule has 1 aromatic heterocycles. The minimum atomic E-state index is -4.41. The summed E-state index contributed by atoms with van der Waals surface area (Å²) in [7, 11) is 2.04. The zero-order valence-corrected chi connectivity index (χ0v) is 14.9. The first kappa shape index (κ1) is 20.5. The summed E-state index contributed by atoms with van der Waals surface area (Å²) >= 11 is 0. The normalized spacial score (nSPS) is 18.5. The van der Waals surface area contributed by atoms with Crippen molar-refractivity contribution in [2.45, 2.75) is 50.1 Å². The van der Waals surface area contributed by atoms with E-state index in [1.54, 1.807) is 4.90 Å². The van der Waals surface area contributed by atoms with Gasteiger partial charge >= 0.3 is 12.1 Å². The summed E-state index contributed by atoms with van der Waals surface area (Å²) in [6.45, 7) is 0.887. The maximum Gasteiger partial charge on any atom is 0.416 e. The lowest BCUT2D eigenvalue weighted by Gasteiger charge is -2.40. The van der Waals surface area contributed by atoms with Crippen molar-refractivity contribution in [2.75, 3.05) is 18.0 Å². The van der Waals surface area contributed by atoms with E-state index in [-0.39, 0.29) is 11.7 Å². The lowest BCUT2D eigenvalue weighted by atomic mass is 9.75. The maximum absolute atomic E-state index is 12.9. The molecule has 2 rings (SSSR count). The number of rotatable bonds is 7. The van der Waals surface area contributed by atoms with Gasteiger partial charge in [0.15, 0.2) is 0 Å². The van der Waals surface area contributed by atoms with Crippen molar-refractivity contribution in [1.29, 1.82) is 0 Å². The Morgan fingerprint density at radius 2 is 2.00 bits per heavy atom. The van der Waals surface area contributed by atoms with Crippen LogP contribution in [-0.4, -0.2) is 42.5 Å². The Hall–Kier alpha value is -1.77. The summed E-state index contributed by atoms with van der Waals surface area (Å²) in [6.07, 6.45) is 0.871.